The minimum absolute atomic E-state index is 0.0591. The van der Waals surface area contributed by atoms with E-state index >= 15 is 0 Å². The third kappa shape index (κ3) is 11.5. The van der Waals surface area contributed by atoms with Gasteiger partial charge in [-0.05, 0) is 65.9 Å². The first-order chi connectivity index (χ1) is 23.0. The molecule has 0 aliphatic rings. The number of carbonyl (C=O) groups is 2. The monoisotopic (exact) mass is 672 g/mol. The smallest absolute Gasteiger partial charge is 0.426 e. The maximum absolute atomic E-state index is 15.0. The predicted molar refractivity (Wildman–Crippen MR) is 171 cm³/mol. The third-order valence-corrected chi connectivity index (χ3v) is 6.88. The molecule has 0 aliphatic heterocycles. The number of alkyl halides is 2. The van der Waals surface area contributed by atoms with E-state index in [2.05, 4.69) is 13.2 Å². The van der Waals surface area contributed by atoms with Crippen molar-refractivity contribution < 1.29 is 56.7 Å². The van der Waals surface area contributed by atoms with Crippen LogP contribution in [0, 0.1) is 5.82 Å². The minimum Gasteiger partial charge on any atom is -0.490 e. The van der Waals surface area contributed by atoms with E-state index in [4.69, 9.17) is 33.9 Å². The van der Waals surface area contributed by atoms with Crippen molar-refractivity contribution in [1.82, 2.24) is 0 Å². The van der Waals surface area contributed by atoms with Crippen LogP contribution in [0.15, 0.2) is 85.0 Å². The van der Waals surface area contributed by atoms with Gasteiger partial charge in [-0.25, -0.2) is 14.0 Å². The molecule has 3 aromatic rings. The molecule has 0 unspecified atom stereocenters. The topological polar surface area (TPSA) is 121 Å². The molecule has 0 atom stereocenters. The number of aliphatic hydroxyl groups is 2. The van der Waals surface area contributed by atoms with Gasteiger partial charge < -0.3 is 33.9 Å². The van der Waals surface area contributed by atoms with Gasteiger partial charge in [-0.2, -0.15) is 8.78 Å². The Balaban J connectivity index is 1.73. The van der Waals surface area contributed by atoms with Crippen LogP contribution in [0.1, 0.15) is 37.3 Å². The number of esters is 2. The van der Waals surface area contributed by atoms with Gasteiger partial charge in [0, 0.05) is 6.07 Å². The van der Waals surface area contributed by atoms with Crippen molar-refractivity contribution in [3.63, 3.8) is 0 Å². The van der Waals surface area contributed by atoms with Crippen LogP contribution in [0.3, 0.4) is 0 Å². The van der Waals surface area contributed by atoms with Gasteiger partial charge in [-0.3, -0.25) is 0 Å². The summed E-state index contributed by atoms with van der Waals surface area (Å²) in [5, 5.41) is 18.0. The van der Waals surface area contributed by atoms with Crippen LogP contribution in [0.4, 0.5) is 13.2 Å². The summed E-state index contributed by atoms with van der Waals surface area (Å²) in [6.45, 7) is 7.31. The second-order valence-electron chi connectivity index (χ2n) is 10.6. The molecular weight excluding hydrogens is 633 g/mol. The largest absolute Gasteiger partial charge is 0.490 e. The van der Waals surface area contributed by atoms with Gasteiger partial charge in [0.1, 0.15) is 49.5 Å². The van der Waals surface area contributed by atoms with Crippen LogP contribution in [-0.2, 0) is 31.6 Å². The molecule has 0 fully saturated rings. The number of aryl methyl sites for hydroxylation is 1. The van der Waals surface area contributed by atoms with E-state index in [0.717, 1.165) is 25.3 Å². The number of rotatable bonds is 20. The average molecular weight is 673 g/mol. The van der Waals surface area contributed by atoms with E-state index in [0.29, 0.717) is 34.6 Å². The lowest BCUT2D eigenvalue weighted by atomic mass is 10.0. The molecule has 0 amide bonds. The fourth-order valence-corrected chi connectivity index (χ4v) is 4.24. The SMILES string of the molecule is C=C(CO)C(=O)OCCOc1cc(OCCOC(=O)C(=C)CO)cc(-c2ccc(OC(F)(F)c3ccc(CCCCC)c(F)c3)cc2)c1. The molecule has 0 bridgehead atoms. The molecule has 12 heteroatoms. The highest BCUT2D eigenvalue weighted by Crippen LogP contribution is 2.35. The van der Waals surface area contributed by atoms with E-state index in [9.17, 15) is 22.8 Å². The number of benzene rings is 3. The normalized spacial score (nSPS) is 11.0. The molecule has 0 aliphatic carbocycles. The van der Waals surface area contributed by atoms with Crippen molar-refractivity contribution in [2.45, 2.75) is 38.7 Å². The van der Waals surface area contributed by atoms with Crippen molar-refractivity contribution in [3.8, 4) is 28.4 Å². The van der Waals surface area contributed by atoms with Crippen LogP contribution >= 0.6 is 0 Å². The summed E-state index contributed by atoms with van der Waals surface area (Å²) in [6, 6.07) is 13.9. The van der Waals surface area contributed by atoms with E-state index in [1.807, 2.05) is 6.92 Å². The highest BCUT2D eigenvalue weighted by molar-refractivity contribution is 5.88. The number of aliphatic hydroxyl groups excluding tert-OH is 2. The highest BCUT2D eigenvalue weighted by Gasteiger charge is 2.35. The molecule has 258 valence electrons. The molecule has 3 rings (SSSR count). The minimum atomic E-state index is -3.79. The lowest BCUT2D eigenvalue weighted by molar-refractivity contribution is -0.185. The molecule has 0 radical (unpaired) electrons. The Labute approximate surface area is 277 Å². The zero-order valence-corrected chi connectivity index (χ0v) is 26.6. The summed E-state index contributed by atoms with van der Waals surface area (Å²) in [6.07, 6.45) is -0.677. The van der Waals surface area contributed by atoms with Gasteiger partial charge >= 0.3 is 18.0 Å². The van der Waals surface area contributed by atoms with Crippen molar-refractivity contribution in [1.29, 1.82) is 0 Å². The second kappa shape index (κ2) is 18.5. The highest BCUT2D eigenvalue weighted by atomic mass is 19.3. The summed E-state index contributed by atoms with van der Waals surface area (Å²) in [4.78, 5) is 23.4. The second-order valence-corrected chi connectivity index (χ2v) is 10.6. The molecule has 3 aromatic carbocycles. The maximum Gasteiger partial charge on any atom is 0.426 e. The molecule has 0 saturated heterocycles. The van der Waals surface area contributed by atoms with E-state index in [-0.39, 0.29) is 43.3 Å². The van der Waals surface area contributed by atoms with Crippen molar-refractivity contribution in [3.05, 3.63) is 102 Å². The van der Waals surface area contributed by atoms with E-state index in [1.165, 1.54) is 36.4 Å². The molecule has 0 saturated carbocycles. The molecule has 0 aromatic heterocycles. The Morgan fingerprint density at radius 2 is 1.29 bits per heavy atom. The summed E-state index contributed by atoms with van der Waals surface area (Å²) in [7, 11) is 0. The Morgan fingerprint density at radius 3 is 1.79 bits per heavy atom. The Bertz CT molecular complexity index is 1500. The summed E-state index contributed by atoms with van der Waals surface area (Å²) in [5.41, 5.74) is 0.683. The van der Waals surface area contributed by atoms with Gasteiger partial charge in [-0.15, -0.1) is 0 Å². The zero-order chi connectivity index (χ0) is 35.1. The van der Waals surface area contributed by atoms with Crippen LogP contribution in [0.5, 0.6) is 17.2 Å². The number of carbonyl (C=O) groups excluding carboxylic acids is 2. The van der Waals surface area contributed by atoms with Crippen LogP contribution in [0.25, 0.3) is 11.1 Å². The van der Waals surface area contributed by atoms with Crippen molar-refractivity contribution in [2.75, 3.05) is 39.6 Å². The molecule has 9 nitrogen and oxygen atoms in total. The van der Waals surface area contributed by atoms with Gasteiger partial charge in [0.05, 0.1) is 29.9 Å². The molecule has 2 N–H and O–H groups in total. The summed E-state index contributed by atoms with van der Waals surface area (Å²) in [5.74, 6) is -1.79. The van der Waals surface area contributed by atoms with Gasteiger partial charge in [0.25, 0.3) is 0 Å². The number of hydrogen-bond acceptors (Lipinski definition) is 9. The van der Waals surface area contributed by atoms with Crippen LogP contribution in [0.2, 0.25) is 0 Å². The van der Waals surface area contributed by atoms with Gasteiger partial charge in [0.15, 0.2) is 0 Å². The van der Waals surface area contributed by atoms with Gasteiger partial charge in [0.2, 0.25) is 0 Å². The number of ether oxygens (including phenoxy) is 5. The molecule has 48 heavy (non-hydrogen) atoms. The first kappa shape index (κ1) is 37.6. The fraction of sp³-hybridized carbons (Fsp3) is 0.333. The average Bonchev–Trinajstić information content (AvgIpc) is 3.08. The Hall–Kier alpha value is -4.81. The Morgan fingerprint density at radius 1 is 0.729 bits per heavy atom. The van der Waals surface area contributed by atoms with E-state index < -0.39 is 42.6 Å². The maximum atomic E-state index is 15.0. The standard InChI is InChI=1S/C36H39F3O9/c1-4-5-6-7-27-8-11-29(20-33(27)37)36(38,39)48-30-12-9-26(10-13-30)28-18-31(44-14-16-46-34(42)24(2)22-40)21-32(19-28)45-15-17-47-35(43)25(3)23-41/h8-13,18-21,40-41H,2-7,14-17,22-23H2,1H3. The first-order valence-corrected chi connectivity index (χ1v) is 15.3. The molecule has 0 heterocycles. The van der Waals surface area contributed by atoms with E-state index in [1.54, 1.807) is 18.2 Å². The van der Waals surface area contributed by atoms with Crippen molar-refractivity contribution >= 4 is 11.9 Å². The predicted octanol–water partition coefficient (Wildman–Crippen LogP) is 6.29. The quantitative estimate of drug-likeness (QED) is 0.0810. The molecular formula is C36H39F3O9. The lowest BCUT2D eigenvalue weighted by Crippen LogP contribution is -2.22. The lowest BCUT2D eigenvalue weighted by Gasteiger charge is -2.19. The van der Waals surface area contributed by atoms with Crippen LogP contribution < -0.4 is 14.2 Å². The van der Waals surface area contributed by atoms with Crippen molar-refractivity contribution in [2.24, 2.45) is 0 Å². The number of unbranched alkanes of at least 4 members (excludes halogenated alkanes) is 2. The van der Waals surface area contributed by atoms with Crippen LogP contribution in [-0.4, -0.2) is 61.8 Å². The first-order valence-electron chi connectivity index (χ1n) is 15.3. The fourth-order valence-electron chi connectivity index (χ4n) is 4.24. The third-order valence-electron chi connectivity index (χ3n) is 6.88. The summed E-state index contributed by atoms with van der Waals surface area (Å²) < 4.78 is 70.9. The number of halogens is 3. The Kier molecular flexibility index (Phi) is 14.5. The summed E-state index contributed by atoms with van der Waals surface area (Å²) >= 11 is 0. The number of hydrogen-bond donors (Lipinski definition) is 2. The van der Waals surface area contributed by atoms with Gasteiger partial charge in [-0.1, -0.05) is 51.1 Å². The zero-order valence-electron chi connectivity index (χ0n) is 26.6. The molecule has 0 spiro atoms.